The molecule has 0 aromatic heterocycles. The zero-order valence-corrected chi connectivity index (χ0v) is 10.5. The Morgan fingerprint density at radius 2 is 2.06 bits per heavy atom. The van der Waals surface area contributed by atoms with Crippen LogP contribution in [0.5, 0.6) is 0 Å². The maximum atomic E-state index is 11.8. The highest BCUT2D eigenvalue weighted by Crippen LogP contribution is 2.10. The summed E-state index contributed by atoms with van der Waals surface area (Å²) in [5.74, 6) is 0.0496. The Balaban J connectivity index is 2.70. The third-order valence-corrected chi connectivity index (χ3v) is 2.79. The molecule has 0 atom stereocenters. The van der Waals surface area contributed by atoms with Crippen molar-refractivity contribution in [1.82, 2.24) is 5.32 Å². The van der Waals surface area contributed by atoms with Crippen LogP contribution < -0.4 is 5.32 Å². The highest BCUT2D eigenvalue weighted by molar-refractivity contribution is 8.02. The van der Waals surface area contributed by atoms with E-state index in [1.807, 2.05) is 36.6 Å². The van der Waals surface area contributed by atoms with Crippen LogP contribution in [0.4, 0.5) is 0 Å². The molecule has 1 aromatic rings. The van der Waals surface area contributed by atoms with Crippen LogP contribution in [0.25, 0.3) is 0 Å². The van der Waals surface area contributed by atoms with Gasteiger partial charge in [0.1, 0.15) is 0 Å². The minimum Gasteiger partial charge on any atom is -0.380 e. The van der Waals surface area contributed by atoms with Crippen LogP contribution in [0.1, 0.15) is 23.7 Å². The van der Waals surface area contributed by atoms with Gasteiger partial charge >= 0.3 is 0 Å². The van der Waals surface area contributed by atoms with Crippen LogP contribution in [0.3, 0.4) is 0 Å². The molecule has 0 heterocycles. The second kappa shape index (κ2) is 7.12. The molecule has 1 N–H and O–H groups in total. The molecule has 1 rings (SSSR count). The summed E-state index contributed by atoms with van der Waals surface area (Å²) in [5, 5.41) is 4.15. The Labute approximate surface area is 101 Å². The summed E-state index contributed by atoms with van der Waals surface area (Å²) in [6.07, 6.45) is 4.68. The van der Waals surface area contributed by atoms with Crippen molar-refractivity contribution in [2.45, 2.75) is 13.3 Å². The lowest BCUT2D eigenvalue weighted by atomic mass is 10.1. The third-order valence-electron chi connectivity index (χ3n) is 2.09. The summed E-state index contributed by atoms with van der Waals surface area (Å²) < 4.78 is 0. The van der Waals surface area contributed by atoms with E-state index in [1.54, 1.807) is 17.8 Å². The monoisotopic (exact) mass is 235 g/mol. The van der Waals surface area contributed by atoms with Crippen molar-refractivity contribution in [1.29, 1.82) is 0 Å². The van der Waals surface area contributed by atoms with E-state index < -0.39 is 0 Å². The summed E-state index contributed by atoms with van der Waals surface area (Å²) in [7, 11) is 0. The molecule has 0 saturated carbocycles. The predicted octanol–water partition coefficient (Wildman–Crippen LogP) is 3.07. The molecule has 2 nitrogen and oxygen atoms in total. The smallest absolute Gasteiger partial charge is 0.188 e. The second-order valence-corrected chi connectivity index (χ2v) is 4.22. The van der Waals surface area contributed by atoms with E-state index in [0.29, 0.717) is 0 Å². The first-order valence-electron chi connectivity index (χ1n) is 5.37. The Bertz CT molecular complexity index is 359. The van der Waals surface area contributed by atoms with Gasteiger partial charge in [-0.2, -0.15) is 0 Å². The number of allylic oxidation sites excluding steroid dienone is 1. The van der Waals surface area contributed by atoms with Crippen LogP contribution in [-0.4, -0.2) is 18.6 Å². The molecular weight excluding hydrogens is 218 g/mol. The number of hydrogen-bond donors (Lipinski definition) is 1. The van der Waals surface area contributed by atoms with Crippen molar-refractivity contribution in [3.63, 3.8) is 0 Å². The third kappa shape index (κ3) is 4.11. The van der Waals surface area contributed by atoms with Gasteiger partial charge in [-0.1, -0.05) is 37.3 Å². The van der Waals surface area contributed by atoms with Gasteiger partial charge in [0, 0.05) is 18.2 Å². The Hall–Kier alpha value is -1.22. The van der Waals surface area contributed by atoms with Crippen LogP contribution in [0.15, 0.2) is 41.4 Å². The maximum Gasteiger partial charge on any atom is 0.188 e. The van der Waals surface area contributed by atoms with Gasteiger partial charge in [0.2, 0.25) is 0 Å². The molecule has 0 fully saturated rings. The van der Waals surface area contributed by atoms with Crippen LogP contribution in [0.2, 0.25) is 0 Å². The number of carbonyl (C=O) groups is 1. The minimum absolute atomic E-state index is 0.0496. The second-order valence-electron chi connectivity index (χ2n) is 3.37. The fraction of sp³-hybridized carbons (Fsp3) is 0.308. The topological polar surface area (TPSA) is 29.1 Å². The quantitative estimate of drug-likeness (QED) is 0.607. The number of carbonyl (C=O) groups excluding carboxylic acids is 1. The lowest BCUT2D eigenvalue weighted by Crippen LogP contribution is -2.13. The zero-order valence-electron chi connectivity index (χ0n) is 9.69. The van der Waals surface area contributed by atoms with E-state index in [0.717, 1.165) is 23.6 Å². The summed E-state index contributed by atoms with van der Waals surface area (Å²) in [6, 6.07) is 9.32. The van der Waals surface area contributed by atoms with Crippen molar-refractivity contribution < 1.29 is 4.79 Å². The van der Waals surface area contributed by atoms with Crippen molar-refractivity contribution in [2.75, 3.05) is 12.8 Å². The number of ketones is 1. The standard InChI is InChI=1S/C13H17NOS/c1-3-9-14-13(16-2)10-12(15)11-7-5-4-6-8-11/h4-8,10,14H,3,9H2,1-2H3/b13-10-. The molecule has 0 aliphatic heterocycles. The Kier molecular flexibility index (Phi) is 5.72. The number of nitrogens with one attached hydrogen (secondary N) is 1. The lowest BCUT2D eigenvalue weighted by Gasteiger charge is -2.06. The molecule has 0 aliphatic carbocycles. The first kappa shape index (κ1) is 12.8. The van der Waals surface area contributed by atoms with Crippen LogP contribution in [0, 0.1) is 0 Å². The highest BCUT2D eigenvalue weighted by Gasteiger charge is 2.03. The molecule has 0 aliphatic rings. The van der Waals surface area contributed by atoms with Gasteiger partial charge in [0.05, 0.1) is 5.03 Å². The number of benzene rings is 1. The molecule has 3 heteroatoms. The Morgan fingerprint density at radius 3 is 2.62 bits per heavy atom. The summed E-state index contributed by atoms with van der Waals surface area (Å²) in [4.78, 5) is 11.8. The SMILES string of the molecule is CCCN/C(=C/C(=O)c1ccccc1)SC. The number of thioether (sulfide) groups is 1. The van der Waals surface area contributed by atoms with Gasteiger partial charge in [-0.05, 0) is 12.7 Å². The van der Waals surface area contributed by atoms with Gasteiger partial charge < -0.3 is 5.32 Å². The lowest BCUT2D eigenvalue weighted by molar-refractivity contribution is 0.104. The molecule has 86 valence electrons. The average molecular weight is 235 g/mol. The predicted molar refractivity (Wildman–Crippen MR) is 70.7 cm³/mol. The first-order valence-corrected chi connectivity index (χ1v) is 6.59. The van der Waals surface area contributed by atoms with Gasteiger partial charge in [-0.25, -0.2) is 0 Å². The summed E-state index contributed by atoms with van der Waals surface area (Å²) >= 11 is 1.56. The molecule has 0 spiro atoms. The largest absolute Gasteiger partial charge is 0.380 e. The number of rotatable bonds is 6. The van der Waals surface area contributed by atoms with E-state index in [-0.39, 0.29) is 5.78 Å². The van der Waals surface area contributed by atoms with Crippen LogP contribution >= 0.6 is 11.8 Å². The fourth-order valence-corrected chi connectivity index (χ4v) is 1.71. The van der Waals surface area contributed by atoms with E-state index in [1.165, 1.54) is 0 Å². The molecule has 0 bridgehead atoms. The molecular formula is C13H17NOS. The molecule has 16 heavy (non-hydrogen) atoms. The first-order chi connectivity index (χ1) is 7.77. The maximum absolute atomic E-state index is 11.8. The van der Waals surface area contributed by atoms with E-state index in [2.05, 4.69) is 12.2 Å². The zero-order chi connectivity index (χ0) is 11.8. The van der Waals surface area contributed by atoms with Gasteiger partial charge in [0.15, 0.2) is 5.78 Å². The van der Waals surface area contributed by atoms with E-state index in [4.69, 9.17) is 0 Å². The van der Waals surface area contributed by atoms with Gasteiger partial charge in [-0.15, -0.1) is 11.8 Å². The van der Waals surface area contributed by atoms with Crippen molar-refractivity contribution in [2.24, 2.45) is 0 Å². The van der Waals surface area contributed by atoms with Crippen molar-refractivity contribution in [3.05, 3.63) is 47.0 Å². The average Bonchev–Trinajstić information content (AvgIpc) is 2.35. The van der Waals surface area contributed by atoms with Gasteiger partial charge in [0.25, 0.3) is 0 Å². The van der Waals surface area contributed by atoms with Crippen LogP contribution in [-0.2, 0) is 0 Å². The molecule has 0 amide bonds. The molecule has 0 saturated heterocycles. The Morgan fingerprint density at radius 1 is 1.38 bits per heavy atom. The normalized spacial score (nSPS) is 11.2. The van der Waals surface area contributed by atoms with E-state index in [9.17, 15) is 4.79 Å². The van der Waals surface area contributed by atoms with Crippen molar-refractivity contribution in [3.8, 4) is 0 Å². The minimum atomic E-state index is 0.0496. The van der Waals surface area contributed by atoms with Gasteiger partial charge in [-0.3, -0.25) is 4.79 Å². The van der Waals surface area contributed by atoms with E-state index >= 15 is 0 Å². The fourth-order valence-electron chi connectivity index (χ4n) is 1.24. The molecule has 0 radical (unpaired) electrons. The molecule has 0 unspecified atom stereocenters. The number of hydrogen-bond acceptors (Lipinski definition) is 3. The summed E-state index contributed by atoms with van der Waals surface area (Å²) in [6.45, 7) is 3.00. The summed E-state index contributed by atoms with van der Waals surface area (Å²) in [5.41, 5.74) is 0.729. The highest BCUT2D eigenvalue weighted by atomic mass is 32.2. The molecule has 1 aromatic carbocycles. The van der Waals surface area contributed by atoms with Crippen molar-refractivity contribution >= 4 is 17.5 Å².